The van der Waals surface area contributed by atoms with Gasteiger partial charge in [0.05, 0.1) is 13.2 Å². The van der Waals surface area contributed by atoms with Crippen molar-refractivity contribution in [1.82, 2.24) is 15.0 Å². The molecule has 4 aromatic rings. The fraction of sp³-hybridized carbons (Fsp3) is 0.323. The molecule has 4 rings (SSSR count). The molecule has 0 saturated heterocycles. The van der Waals surface area contributed by atoms with Gasteiger partial charge in [-0.2, -0.15) is 0 Å². The van der Waals surface area contributed by atoms with Crippen LogP contribution in [0.25, 0.3) is 11.1 Å². The second kappa shape index (κ2) is 12.1. The molecular formula is C31H35N3O6. The quantitative estimate of drug-likeness (QED) is 0.282. The first-order valence-electron chi connectivity index (χ1n) is 13.1. The van der Waals surface area contributed by atoms with E-state index < -0.39 is 11.4 Å². The molecule has 210 valence electrons. The lowest BCUT2D eigenvalue weighted by atomic mass is 9.93. The first-order valence-corrected chi connectivity index (χ1v) is 13.1. The number of aromatic nitrogens is 2. The number of H-pyrrole nitrogens is 1. The van der Waals surface area contributed by atoms with Crippen LogP contribution in [-0.4, -0.2) is 27.8 Å². The fourth-order valence-electron chi connectivity index (χ4n) is 4.56. The van der Waals surface area contributed by atoms with Gasteiger partial charge in [-0.1, -0.05) is 36.4 Å². The maximum Gasteiger partial charge on any atom is 0.440 e. The molecule has 1 heterocycles. The van der Waals surface area contributed by atoms with Gasteiger partial charge >= 0.3 is 11.4 Å². The minimum atomic E-state index is -0.776. The Morgan fingerprint density at radius 2 is 1.70 bits per heavy atom. The third-order valence-corrected chi connectivity index (χ3v) is 6.72. The van der Waals surface area contributed by atoms with Crippen LogP contribution < -0.4 is 26.2 Å². The number of aromatic amines is 1. The first-order chi connectivity index (χ1) is 19.0. The summed E-state index contributed by atoms with van der Waals surface area (Å²) in [5.41, 5.74) is 5.46. The van der Waals surface area contributed by atoms with Crippen LogP contribution >= 0.6 is 0 Å². The van der Waals surface area contributed by atoms with E-state index in [0.717, 1.165) is 43.9 Å². The summed E-state index contributed by atoms with van der Waals surface area (Å²) in [5.74, 6) is 0.659. The smallest absolute Gasteiger partial charge is 0.440 e. The Hall–Kier alpha value is -4.53. The largest absolute Gasteiger partial charge is 0.493 e. The fourth-order valence-corrected chi connectivity index (χ4v) is 4.56. The second-order valence-electron chi connectivity index (χ2n) is 10.5. The Morgan fingerprint density at radius 1 is 0.975 bits per heavy atom. The number of hydrogen-bond donors (Lipinski definition) is 2. The van der Waals surface area contributed by atoms with Crippen LogP contribution in [0.3, 0.4) is 0 Å². The van der Waals surface area contributed by atoms with Crippen LogP contribution in [0.4, 0.5) is 0 Å². The summed E-state index contributed by atoms with van der Waals surface area (Å²) in [6.07, 6.45) is 0.697. The highest BCUT2D eigenvalue weighted by molar-refractivity contribution is 5.73. The molecule has 40 heavy (non-hydrogen) atoms. The predicted molar refractivity (Wildman–Crippen MR) is 153 cm³/mol. The molecule has 0 bridgehead atoms. The van der Waals surface area contributed by atoms with E-state index in [1.54, 1.807) is 0 Å². The van der Waals surface area contributed by atoms with Crippen molar-refractivity contribution < 1.29 is 18.8 Å². The molecule has 0 radical (unpaired) electrons. The van der Waals surface area contributed by atoms with Gasteiger partial charge in [-0.3, -0.25) is 4.79 Å². The molecule has 0 aliphatic carbocycles. The van der Waals surface area contributed by atoms with Gasteiger partial charge in [0.1, 0.15) is 18.1 Å². The SMILES string of the molecule is CC(=O)NC(C)(C)CCOc1ccc(-c2cccc(COc3ccc(Cn4oc(=O)[nH]c4=O)cc3)c2C)c(C)c1. The average molecular weight is 546 g/mol. The van der Waals surface area contributed by atoms with E-state index in [4.69, 9.17) is 14.0 Å². The lowest BCUT2D eigenvalue weighted by Crippen LogP contribution is -2.43. The topological polar surface area (TPSA) is 116 Å². The first kappa shape index (κ1) is 28.5. The van der Waals surface area contributed by atoms with Crippen LogP contribution in [0, 0.1) is 13.8 Å². The molecule has 0 spiro atoms. The number of aryl methyl sites for hydroxylation is 1. The third kappa shape index (κ3) is 7.31. The van der Waals surface area contributed by atoms with E-state index in [0.29, 0.717) is 25.4 Å². The number of hydrogen-bond acceptors (Lipinski definition) is 6. The van der Waals surface area contributed by atoms with E-state index >= 15 is 0 Å². The van der Waals surface area contributed by atoms with E-state index in [-0.39, 0.29) is 18.0 Å². The summed E-state index contributed by atoms with van der Waals surface area (Å²) in [7, 11) is 0. The van der Waals surface area contributed by atoms with Crippen LogP contribution in [0.15, 0.2) is 74.8 Å². The van der Waals surface area contributed by atoms with Crippen molar-refractivity contribution in [2.24, 2.45) is 0 Å². The molecule has 1 aromatic heterocycles. The van der Waals surface area contributed by atoms with Gasteiger partial charge in [0.2, 0.25) is 5.91 Å². The van der Waals surface area contributed by atoms with Crippen molar-refractivity contribution in [3.05, 3.63) is 104 Å². The van der Waals surface area contributed by atoms with Crippen LogP contribution in [-0.2, 0) is 17.9 Å². The molecular weight excluding hydrogens is 510 g/mol. The lowest BCUT2D eigenvalue weighted by molar-refractivity contribution is -0.120. The highest BCUT2D eigenvalue weighted by Gasteiger charge is 2.18. The number of nitrogens with zero attached hydrogens (tertiary/aromatic N) is 1. The standard InChI is InChI=1S/C31H35N3O6/c1-20-17-26(38-16-15-31(4,5)33-22(3)35)13-14-27(20)28-8-6-7-24(21(28)2)19-39-25-11-9-23(10-12-25)18-34-29(36)32-30(37)40-34/h6-14,17H,15-16,18-19H2,1-5H3,(H,33,35)(H,32,36,37). The van der Waals surface area contributed by atoms with Gasteiger partial charge in [0, 0.05) is 18.9 Å². The van der Waals surface area contributed by atoms with Crippen molar-refractivity contribution >= 4 is 5.91 Å². The molecule has 3 aromatic carbocycles. The molecule has 0 aliphatic heterocycles. The number of rotatable bonds is 11. The van der Waals surface area contributed by atoms with Crippen LogP contribution in [0.5, 0.6) is 11.5 Å². The number of amides is 1. The Bertz CT molecular complexity index is 1590. The van der Waals surface area contributed by atoms with Crippen molar-refractivity contribution in [3.63, 3.8) is 0 Å². The van der Waals surface area contributed by atoms with E-state index in [1.165, 1.54) is 6.92 Å². The summed E-state index contributed by atoms with van der Waals surface area (Å²) in [6.45, 7) is 10.7. The molecule has 1 amide bonds. The molecule has 0 unspecified atom stereocenters. The minimum absolute atomic E-state index is 0.0501. The number of carbonyl (C=O) groups is 1. The van der Waals surface area contributed by atoms with Gasteiger partial charge < -0.3 is 19.3 Å². The molecule has 2 N–H and O–H groups in total. The normalized spacial score (nSPS) is 11.3. The van der Waals surface area contributed by atoms with Gasteiger partial charge in [-0.15, -0.1) is 4.74 Å². The summed E-state index contributed by atoms with van der Waals surface area (Å²) in [4.78, 5) is 36.2. The maximum atomic E-state index is 11.6. The zero-order valence-electron chi connectivity index (χ0n) is 23.5. The summed E-state index contributed by atoms with van der Waals surface area (Å²) in [6, 6.07) is 19.6. The van der Waals surface area contributed by atoms with Gasteiger partial charge in [0.15, 0.2) is 0 Å². The van der Waals surface area contributed by atoms with E-state index in [1.807, 2.05) is 56.3 Å². The Morgan fingerprint density at radius 3 is 2.35 bits per heavy atom. The van der Waals surface area contributed by atoms with Gasteiger partial charge in [-0.25, -0.2) is 14.6 Å². The summed E-state index contributed by atoms with van der Waals surface area (Å²) in [5, 5.41) is 2.94. The van der Waals surface area contributed by atoms with Crippen molar-refractivity contribution in [2.75, 3.05) is 6.61 Å². The molecule has 0 aliphatic rings. The number of benzene rings is 3. The Labute approximate surface area is 232 Å². The molecule has 0 saturated carbocycles. The molecule has 0 fully saturated rings. The molecule has 9 nitrogen and oxygen atoms in total. The predicted octanol–water partition coefficient (Wildman–Crippen LogP) is 4.72. The van der Waals surface area contributed by atoms with E-state index in [2.05, 4.69) is 42.3 Å². The minimum Gasteiger partial charge on any atom is -0.493 e. The van der Waals surface area contributed by atoms with Crippen molar-refractivity contribution in [1.29, 1.82) is 0 Å². The van der Waals surface area contributed by atoms with Crippen LogP contribution in [0.2, 0.25) is 0 Å². The van der Waals surface area contributed by atoms with Crippen molar-refractivity contribution in [3.8, 4) is 22.6 Å². The number of ether oxygens (including phenoxy) is 2. The summed E-state index contributed by atoms with van der Waals surface area (Å²) >= 11 is 0. The van der Waals surface area contributed by atoms with Gasteiger partial charge in [0.25, 0.3) is 0 Å². The zero-order valence-corrected chi connectivity index (χ0v) is 23.5. The molecule has 0 atom stereocenters. The second-order valence-corrected chi connectivity index (χ2v) is 10.5. The van der Waals surface area contributed by atoms with E-state index in [9.17, 15) is 14.4 Å². The highest BCUT2D eigenvalue weighted by Crippen LogP contribution is 2.31. The lowest BCUT2D eigenvalue weighted by Gasteiger charge is -2.25. The van der Waals surface area contributed by atoms with Gasteiger partial charge in [-0.05, 0) is 85.3 Å². The van der Waals surface area contributed by atoms with Crippen molar-refractivity contribution in [2.45, 2.75) is 59.7 Å². The third-order valence-electron chi connectivity index (χ3n) is 6.72. The monoisotopic (exact) mass is 545 g/mol. The zero-order chi connectivity index (χ0) is 28.9. The Balaban J connectivity index is 1.39. The average Bonchev–Trinajstić information content (AvgIpc) is 3.20. The molecule has 9 heteroatoms. The number of carbonyl (C=O) groups excluding carboxylic acids is 1. The van der Waals surface area contributed by atoms with Crippen LogP contribution in [0.1, 0.15) is 49.4 Å². The highest BCUT2D eigenvalue weighted by atomic mass is 16.5. The maximum absolute atomic E-state index is 11.6. The summed E-state index contributed by atoms with van der Waals surface area (Å²) < 4.78 is 17.8. The number of nitrogens with one attached hydrogen (secondary N) is 2. The Kier molecular flexibility index (Phi) is 8.62.